The van der Waals surface area contributed by atoms with Gasteiger partial charge in [-0.1, -0.05) is 48.4 Å². The molecule has 33 heavy (non-hydrogen) atoms. The number of hydrogen-bond acceptors (Lipinski definition) is 7. The molecule has 1 heterocycles. The van der Waals surface area contributed by atoms with Gasteiger partial charge in [-0.2, -0.15) is 0 Å². The van der Waals surface area contributed by atoms with Gasteiger partial charge in [-0.3, -0.25) is 24.2 Å². The maximum absolute atomic E-state index is 11.6. The third kappa shape index (κ3) is 7.36. The molecule has 0 bridgehead atoms. The Morgan fingerprint density at radius 1 is 0.879 bits per heavy atom. The fourth-order valence-electron chi connectivity index (χ4n) is 4.51. The Balaban J connectivity index is 1.79. The van der Waals surface area contributed by atoms with Gasteiger partial charge in [0.2, 0.25) is 0 Å². The summed E-state index contributed by atoms with van der Waals surface area (Å²) in [7, 11) is 0. The van der Waals surface area contributed by atoms with Crippen molar-refractivity contribution in [2.24, 2.45) is 0 Å². The van der Waals surface area contributed by atoms with E-state index in [-0.39, 0.29) is 25.2 Å². The summed E-state index contributed by atoms with van der Waals surface area (Å²) in [5.41, 5.74) is 1.65. The van der Waals surface area contributed by atoms with Gasteiger partial charge in [-0.15, -0.1) is 5.10 Å². The molecule has 2 unspecified atom stereocenters. The Labute approximate surface area is 191 Å². The fourth-order valence-corrected chi connectivity index (χ4v) is 4.51. The van der Waals surface area contributed by atoms with Gasteiger partial charge < -0.3 is 15.3 Å². The number of benzene rings is 1. The molecule has 11 heteroatoms. The first-order chi connectivity index (χ1) is 15.8. The topological polar surface area (TPSA) is 149 Å². The number of carboxylic acids is 3. The first-order valence-corrected chi connectivity index (χ1v) is 10.9. The van der Waals surface area contributed by atoms with Crippen LogP contribution in [0.25, 0.3) is 0 Å². The maximum atomic E-state index is 11.6. The minimum Gasteiger partial charge on any atom is -0.480 e. The summed E-state index contributed by atoms with van der Waals surface area (Å²) in [6.07, 6.45) is 4.69. The van der Waals surface area contributed by atoms with E-state index in [4.69, 9.17) is 0 Å². The molecule has 0 saturated heterocycles. The predicted octanol–water partition coefficient (Wildman–Crippen LogP) is 0.995. The first kappa shape index (κ1) is 24.3. The predicted molar refractivity (Wildman–Crippen MR) is 117 cm³/mol. The van der Waals surface area contributed by atoms with E-state index < -0.39 is 31.0 Å². The van der Waals surface area contributed by atoms with Crippen LogP contribution in [0.2, 0.25) is 0 Å². The lowest BCUT2D eigenvalue weighted by Crippen LogP contribution is -2.56. The molecular weight excluding hydrogens is 430 g/mol. The van der Waals surface area contributed by atoms with E-state index in [1.165, 1.54) is 4.90 Å². The number of carbonyl (C=O) groups is 3. The van der Waals surface area contributed by atoms with Crippen LogP contribution in [-0.4, -0.2) is 89.7 Å². The molecule has 2 atom stereocenters. The zero-order valence-corrected chi connectivity index (χ0v) is 18.3. The molecule has 2 aromatic rings. The fraction of sp³-hybridized carbons (Fsp3) is 0.500. The van der Waals surface area contributed by atoms with Crippen LogP contribution in [0.1, 0.15) is 36.9 Å². The molecule has 1 aliphatic carbocycles. The highest BCUT2D eigenvalue weighted by Crippen LogP contribution is 2.28. The molecule has 1 aliphatic rings. The minimum absolute atomic E-state index is 0.218. The van der Waals surface area contributed by atoms with Gasteiger partial charge in [0, 0.05) is 18.6 Å². The summed E-state index contributed by atoms with van der Waals surface area (Å²) >= 11 is 0. The summed E-state index contributed by atoms with van der Waals surface area (Å²) in [5, 5.41) is 36.5. The average Bonchev–Trinajstić information content (AvgIpc) is 3.19. The Kier molecular flexibility index (Phi) is 8.50. The van der Waals surface area contributed by atoms with E-state index in [9.17, 15) is 29.7 Å². The summed E-state index contributed by atoms with van der Waals surface area (Å²) in [5.74, 6) is -3.25. The van der Waals surface area contributed by atoms with Crippen molar-refractivity contribution in [3.8, 4) is 0 Å². The van der Waals surface area contributed by atoms with Crippen LogP contribution < -0.4 is 0 Å². The summed E-state index contributed by atoms with van der Waals surface area (Å²) in [4.78, 5) is 37.5. The summed E-state index contributed by atoms with van der Waals surface area (Å²) < 4.78 is 1.68. The molecule has 11 nitrogen and oxygen atoms in total. The second kappa shape index (κ2) is 11.5. The zero-order chi connectivity index (χ0) is 23.8. The van der Waals surface area contributed by atoms with Crippen LogP contribution >= 0.6 is 0 Å². The van der Waals surface area contributed by atoms with Crippen molar-refractivity contribution in [3.63, 3.8) is 0 Å². The van der Waals surface area contributed by atoms with Crippen molar-refractivity contribution in [2.75, 3.05) is 19.6 Å². The maximum Gasteiger partial charge on any atom is 0.317 e. The first-order valence-electron chi connectivity index (χ1n) is 10.9. The molecule has 3 N–H and O–H groups in total. The highest BCUT2D eigenvalue weighted by atomic mass is 16.4. The second-order valence-electron chi connectivity index (χ2n) is 8.30. The highest BCUT2D eigenvalue weighted by Gasteiger charge is 2.36. The number of aliphatic carboxylic acids is 3. The van der Waals surface area contributed by atoms with Gasteiger partial charge in [0.25, 0.3) is 0 Å². The summed E-state index contributed by atoms with van der Waals surface area (Å²) in [6.45, 7) is -0.343. The van der Waals surface area contributed by atoms with E-state index in [2.05, 4.69) is 10.3 Å². The van der Waals surface area contributed by atoms with Gasteiger partial charge in [0.05, 0.1) is 38.1 Å². The molecule has 0 spiro atoms. The standard InChI is InChI=1S/C22H29N5O6/c28-20(29)13-25(11-17-12-27(24-23-17)10-16-6-2-1-3-7-16)18-8-4-5-9-19(18)26(14-21(30)31)15-22(32)33/h1-3,6-7,12,18-19H,4-5,8-11,13-15H2,(H,28,29)(H,30,31)(H,32,33). The van der Waals surface area contributed by atoms with Gasteiger partial charge in [-0.05, 0) is 18.4 Å². The molecule has 0 radical (unpaired) electrons. The monoisotopic (exact) mass is 459 g/mol. The molecule has 0 amide bonds. The number of hydrogen-bond donors (Lipinski definition) is 3. The normalized spacial score (nSPS) is 18.5. The largest absolute Gasteiger partial charge is 0.480 e. The van der Waals surface area contributed by atoms with Crippen molar-refractivity contribution >= 4 is 17.9 Å². The molecule has 1 aromatic heterocycles. The van der Waals surface area contributed by atoms with Crippen LogP contribution in [0.4, 0.5) is 0 Å². The Bertz CT molecular complexity index is 934. The number of carboxylic acid groups (broad SMARTS) is 3. The Morgan fingerprint density at radius 3 is 2.00 bits per heavy atom. The van der Waals surface area contributed by atoms with E-state index in [0.29, 0.717) is 25.1 Å². The molecule has 3 rings (SSSR count). The number of aromatic nitrogens is 3. The van der Waals surface area contributed by atoms with E-state index in [0.717, 1.165) is 18.4 Å². The third-order valence-corrected chi connectivity index (χ3v) is 5.79. The van der Waals surface area contributed by atoms with Crippen LogP contribution in [0.5, 0.6) is 0 Å². The van der Waals surface area contributed by atoms with Crippen molar-refractivity contribution in [1.82, 2.24) is 24.8 Å². The zero-order valence-electron chi connectivity index (χ0n) is 18.3. The third-order valence-electron chi connectivity index (χ3n) is 5.79. The van der Waals surface area contributed by atoms with Crippen molar-refractivity contribution < 1.29 is 29.7 Å². The lowest BCUT2D eigenvalue weighted by atomic mass is 9.87. The molecule has 1 saturated carbocycles. The SMILES string of the molecule is O=C(O)CN(CC(=O)O)C1CCCCC1N(CC(=O)O)Cc1cn(Cc2ccccc2)nn1. The molecule has 178 valence electrons. The molecular formula is C22H29N5O6. The van der Waals surface area contributed by atoms with E-state index in [1.807, 2.05) is 30.3 Å². The minimum atomic E-state index is -1.12. The number of rotatable bonds is 12. The van der Waals surface area contributed by atoms with Gasteiger partial charge in [-0.25, -0.2) is 4.68 Å². The van der Waals surface area contributed by atoms with E-state index >= 15 is 0 Å². The van der Waals surface area contributed by atoms with Crippen LogP contribution in [0.3, 0.4) is 0 Å². The van der Waals surface area contributed by atoms with Gasteiger partial charge in [0.15, 0.2) is 0 Å². The van der Waals surface area contributed by atoms with Crippen LogP contribution in [0, 0.1) is 0 Å². The lowest BCUT2D eigenvalue weighted by molar-refractivity contribution is -0.146. The van der Waals surface area contributed by atoms with Gasteiger partial charge >= 0.3 is 17.9 Å². The smallest absolute Gasteiger partial charge is 0.317 e. The second-order valence-corrected chi connectivity index (χ2v) is 8.30. The van der Waals surface area contributed by atoms with Gasteiger partial charge in [0.1, 0.15) is 0 Å². The summed E-state index contributed by atoms with van der Waals surface area (Å²) in [6, 6.07) is 9.06. The average molecular weight is 460 g/mol. The lowest BCUT2D eigenvalue weighted by Gasteiger charge is -2.43. The highest BCUT2D eigenvalue weighted by molar-refractivity contribution is 5.72. The van der Waals surface area contributed by atoms with E-state index in [1.54, 1.807) is 15.8 Å². The Morgan fingerprint density at radius 2 is 1.42 bits per heavy atom. The van der Waals surface area contributed by atoms with Crippen molar-refractivity contribution in [2.45, 2.75) is 50.9 Å². The Hall–Kier alpha value is -3.31. The van der Waals surface area contributed by atoms with Crippen molar-refractivity contribution in [3.05, 3.63) is 47.8 Å². The van der Waals surface area contributed by atoms with Crippen molar-refractivity contribution in [1.29, 1.82) is 0 Å². The quantitative estimate of drug-likeness (QED) is 0.419. The van der Waals surface area contributed by atoms with Crippen LogP contribution in [0.15, 0.2) is 36.5 Å². The molecule has 0 aliphatic heterocycles. The number of nitrogens with zero attached hydrogens (tertiary/aromatic N) is 5. The molecule has 1 fully saturated rings. The molecule has 1 aromatic carbocycles. The van der Waals surface area contributed by atoms with Crippen LogP contribution in [-0.2, 0) is 27.5 Å².